The molecule has 2 saturated heterocycles. The van der Waals surface area contributed by atoms with Crippen LogP contribution in [-0.4, -0.2) is 94.9 Å². The minimum Gasteiger partial charge on any atom is -0.410 e. The predicted molar refractivity (Wildman–Crippen MR) is 125 cm³/mol. The highest BCUT2D eigenvalue weighted by atomic mass is 35.5. The molecule has 2 aliphatic heterocycles. The number of hydrogen-bond donors (Lipinski definition) is 2. The molecule has 8 nitrogen and oxygen atoms in total. The number of hydrogen-bond acceptors (Lipinski definition) is 6. The number of amides is 2. The van der Waals surface area contributed by atoms with Gasteiger partial charge in [-0.3, -0.25) is 4.79 Å². The Bertz CT molecular complexity index is 882. The van der Waals surface area contributed by atoms with E-state index in [9.17, 15) is 19.8 Å². The van der Waals surface area contributed by atoms with E-state index in [4.69, 9.17) is 27.9 Å². The van der Waals surface area contributed by atoms with Crippen LogP contribution < -0.4 is 4.74 Å². The maximum atomic E-state index is 12.8. The van der Waals surface area contributed by atoms with Crippen LogP contribution in [0, 0.1) is 5.41 Å². The van der Waals surface area contributed by atoms with Crippen LogP contribution in [0.1, 0.15) is 32.1 Å². The standard InChI is InChI=1S/C23H31Cl2N3O5/c24-18-2-1-17(13-19(18)25)33-22(32)27-9-4-21(31)28(12-11-27)16(15-29)3-8-26-10-7-23(5-6-23)20(30)14-26/h1-2,13,16,20,29-30H,3-12,14-15H2/t16-,20-/m1/s1. The molecule has 3 aliphatic rings. The maximum absolute atomic E-state index is 12.8. The van der Waals surface area contributed by atoms with E-state index in [0.29, 0.717) is 42.6 Å². The summed E-state index contributed by atoms with van der Waals surface area (Å²) in [5, 5.41) is 21.1. The van der Waals surface area contributed by atoms with Gasteiger partial charge in [-0.15, -0.1) is 0 Å². The third-order valence-corrected chi connectivity index (χ3v) is 8.01. The van der Waals surface area contributed by atoms with Crippen molar-refractivity contribution in [2.24, 2.45) is 5.41 Å². The van der Waals surface area contributed by atoms with Crippen molar-refractivity contribution in [3.8, 4) is 5.75 Å². The second-order valence-corrected chi connectivity index (χ2v) is 10.1. The number of β-amino-alcohol motifs (C(OH)–C–C–N with tert-alkyl or cyclic N) is 1. The fourth-order valence-corrected chi connectivity index (χ4v) is 5.10. The van der Waals surface area contributed by atoms with Crippen molar-refractivity contribution < 1.29 is 24.5 Å². The van der Waals surface area contributed by atoms with Crippen LogP contribution in [0.3, 0.4) is 0 Å². The van der Waals surface area contributed by atoms with Gasteiger partial charge >= 0.3 is 6.09 Å². The summed E-state index contributed by atoms with van der Waals surface area (Å²) in [5.41, 5.74) is 0.156. The van der Waals surface area contributed by atoms with E-state index in [2.05, 4.69) is 4.90 Å². The zero-order chi connectivity index (χ0) is 23.6. The fraction of sp³-hybridized carbons (Fsp3) is 0.652. The molecule has 1 aromatic carbocycles. The van der Waals surface area contributed by atoms with Gasteiger partial charge in [-0.2, -0.15) is 0 Å². The van der Waals surface area contributed by atoms with E-state index < -0.39 is 6.09 Å². The number of benzene rings is 1. The van der Waals surface area contributed by atoms with E-state index in [0.717, 1.165) is 25.8 Å². The van der Waals surface area contributed by atoms with E-state index >= 15 is 0 Å². The highest BCUT2D eigenvalue weighted by molar-refractivity contribution is 6.42. The van der Waals surface area contributed by atoms with E-state index in [1.165, 1.54) is 11.0 Å². The molecule has 33 heavy (non-hydrogen) atoms. The molecule has 1 aromatic rings. The molecule has 1 spiro atoms. The van der Waals surface area contributed by atoms with E-state index in [-0.39, 0.29) is 48.8 Å². The van der Waals surface area contributed by atoms with Gasteiger partial charge in [0.15, 0.2) is 0 Å². The van der Waals surface area contributed by atoms with Crippen molar-refractivity contribution in [1.29, 1.82) is 0 Å². The molecular weight excluding hydrogens is 469 g/mol. The highest BCUT2D eigenvalue weighted by Gasteiger charge is 2.51. The smallest absolute Gasteiger partial charge is 0.410 e. The molecular formula is C23H31Cl2N3O5. The van der Waals surface area contributed by atoms with Gasteiger partial charge in [0.2, 0.25) is 5.91 Å². The summed E-state index contributed by atoms with van der Waals surface area (Å²) >= 11 is 11.9. The SMILES string of the molecule is O=C(Oc1ccc(Cl)c(Cl)c1)N1CCC(=O)N([C@@H](CO)CCN2CCC3(CC3)[C@H](O)C2)CC1. The van der Waals surface area contributed by atoms with Crippen LogP contribution in [0.5, 0.6) is 5.75 Å². The normalized spacial score (nSPS) is 24.0. The van der Waals surface area contributed by atoms with Crippen molar-refractivity contribution in [2.45, 2.75) is 44.2 Å². The van der Waals surface area contributed by atoms with Gasteiger partial charge in [0.25, 0.3) is 0 Å². The van der Waals surface area contributed by atoms with Crippen molar-refractivity contribution in [1.82, 2.24) is 14.7 Å². The minimum absolute atomic E-state index is 0.0884. The lowest BCUT2D eigenvalue weighted by Gasteiger charge is -2.38. The molecule has 2 atom stereocenters. The second kappa shape index (κ2) is 10.4. The maximum Gasteiger partial charge on any atom is 0.415 e. The number of aliphatic hydroxyl groups is 2. The number of carbonyl (C=O) groups excluding carboxylic acids is 2. The average molecular weight is 500 g/mol. The Hall–Kier alpha value is -1.58. The monoisotopic (exact) mass is 499 g/mol. The number of carbonyl (C=O) groups is 2. The predicted octanol–water partition coefficient (Wildman–Crippen LogP) is 2.62. The van der Waals surface area contributed by atoms with Crippen molar-refractivity contribution in [2.75, 3.05) is 45.9 Å². The molecule has 0 bridgehead atoms. The number of nitrogens with zero attached hydrogens (tertiary/aromatic N) is 3. The number of aliphatic hydroxyl groups excluding tert-OH is 2. The van der Waals surface area contributed by atoms with Crippen LogP contribution in [-0.2, 0) is 4.79 Å². The molecule has 0 aromatic heterocycles. The zero-order valence-electron chi connectivity index (χ0n) is 18.6. The molecule has 10 heteroatoms. The van der Waals surface area contributed by atoms with Gasteiger partial charge in [0.05, 0.1) is 28.8 Å². The lowest BCUT2D eigenvalue weighted by Crippen LogP contribution is -2.48. The molecule has 0 radical (unpaired) electrons. The Kier molecular flexibility index (Phi) is 7.70. The van der Waals surface area contributed by atoms with Crippen molar-refractivity contribution in [3.63, 3.8) is 0 Å². The first kappa shape index (κ1) is 24.5. The van der Waals surface area contributed by atoms with Crippen LogP contribution in [0.25, 0.3) is 0 Å². The summed E-state index contributed by atoms with van der Waals surface area (Å²) in [6.45, 7) is 3.05. The van der Waals surface area contributed by atoms with Gasteiger partial charge in [0.1, 0.15) is 5.75 Å². The number of rotatable bonds is 6. The summed E-state index contributed by atoms with van der Waals surface area (Å²) in [7, 11) is 0. The summed E-state index contributed by atoms with van der Waals surface area (Å²) in [4.78, 5) is 30.8. The largest absolute Gasteiger partial charge is 0.415 e. The summed E-state index contributed by atoms with van der Waals surface area (Å²) in [6, 6.07) is 4.27. The molecule has 2 heterocycles. The quantitative estimate of drug-likeness (QED) is 0.624. The summed E-state index contributed by atoms with van der Waals surface area (Å²) in [6.07, 6.45) is 3.19. The molecule has 3 fully saturated rings. The fourth-order valence-electron chi connectivity index (χ4n) is 4.81. The van der Waals surface area contributed by atoms with Gasteiger partial charge in [0, 0.05) is 45.2 Å². The van der Waals surface area contributed by atoms with Crippen LogP contribution in [0.4, 0.5) is 4.79 Å². The topological polar surface area (TPSA) is 93.5 Å². The average Bonchev–Trinajstić information content (AvgIpc) is 3.59. The van der Waals surface area contributed by atoms with E-state index in [1.807, 2.05) is 0 Å². The first-order valence-electron chi connectivity index (χ1n) is 11.5. The lowest BCUT2D eigenvalue weighted by atomic mass is 9.90. The van der Waals surface area contributed by atoms with Crippen molar-refractivity contribution >= 4 is 35.2 Å². The number of halogens is 2. The lowest BCUT2D eigenvalue weighted by molar-refractivity contribution is -0.133. The Morgan fingerprint density at radius 3 is 2.61 bits per heavy atom. The molecule has 2 amide bonds. The Morgan fingerprint density at radius 2 is 1.94 bits per heavy atom. The Labute approximate surface area is 204 Å². The summed E-state index contributed by atoms with van der Waals surface area (Å²) in [5.74, 6) is 0.196. The van der Waals surface area contributed by atoms with Crippen LogP contribution >= 0.6 is 23.2 Å². The first-order valence-corrected chi connectivity index (χ1v) is 12.3. The first-order chi connectivity index (χ1) is 15.8. The van der Waals surface area contributed by atoms with Gasteiger partial charge in [-0.05, 0) is 49.8 Å². The third kappa shape index (κ3) is 5.74. The minimum atomic E-state index is -0.556. The molecule has 4 rings (SSSR count). The molecule has 0 unspecified atom stereocenters. The van der Waals surface area contributed by atoms with Gasteiger partial charge in [-0.1, -0.05) is 23.2 Å². The van der Waals surface area contributed by atoms with Gasteiger partial charge in [-0.25, -0.2) is 4.79 Å². The number of likely N-dealkylation sites (tertiary alicyclic amines) is 1. The molecule has 1 saturated carbocycles. The van der Waals surface area contributed by atoms with Crippen molar-refractivity contribution in [3.05, 3.63) is 28.2 Å². The molecule has 182 valence electrons. The summed E-state index contributed by atoms with van der Waals surface area (Å²) < 4.78 is 5.40. The number of ether oxygens (including phenoxy) is 1. The van der Waals surface area contributed by atoms with Gasteiger partial charge < -0.3 is 29.6 Å². The number of piperidine rings is 1. The Morgan fingerprint density at radius 1 is 1.15 bits per heavy atom. The molecule has 2 N–H and O–H groups in total. The molecule has 1 aliphatic carbocycles. The third-order valence-electron chi connectivity index (χ3n) is 7.27. The van der Waals surface area contributed by atoms with Crippen LogP contribution in [0.2, 0.25) is 10.0 Å². The second-order valence-electron chi connectivity index (χ2n) is 9.32. The highest BCUT2D eigenvalue weighted by Crippen LogP contribution is 2.53. The van der Waals surface area contributed by atoms with E-state index in [1.54, 1.807) is 17.0 Å². The zero-order valence-corrected chi connectivity index (χ0v) is 20.1. The van der Waals surface area contributed by atoms with Crippen LogP contribution in [0.15, 0.2) is 18.2 Å². The Balaban J connectivity index is 1.29.